The van der Waals surface area contributed by atoms with E-state index < -0.39 is 16.9 Å². The number of nitro groups is 1. The molecule has 0 unspecified atom stereocenters. The molecule has 0 saturated carbocycles. The van der Waals surface area contributed by atoms with Crippen molar-refractivity contribution in [2.75, 3.05) is 5.32 Å². The van der Waals surface area contributed by atoms with Crippen LogP contribution in [0.4, 0.5) is 11.4 Å². The molecule has 1 atom stereocenters. The average Bonchev–Trinajstić information content (AvgIpc) is 2.20. The van der Waals surface area contributed by atoms with Gasteiger partial charge in [0, 0.05) is 12.1 Å². The Morgan fingerprint density at radius 2 is 2.25 bits per heavy atom. The molecule has 0 fully saturated rings. The highest BCUT2D eigenvalue weighted by Crippen LogP contribution is 2.26. The first-order valence-corrected chi connectivity index (χ1v) is 4.80. The quantitative estimate of drug-likeness (QED) is 0.621. The van der Waals surface area contributed by atoms with Crippen LogP contribution in [0, 0.1) is 10.1 Å². The van der Waals surface area contributed by atoms with Crippen LogP contribution in [0.25, 0.3) is 0 Å². The number of non-ortho nitro benzene ring substituents is 1. The van der Waals surface area contributed by atoms with E-state index in [2.05, 4.69) is 5.32 Å². The van der Waals surface area contributed by atoms with Crippen molar-refractivity contribution < 1.29 is 9.72 Å². The van der Waals surface area contributed by atoms with Gasteiger partial charge in [-0.1, -0.05) is 11.6 Å². The van der Waals surface area contributed by atoms with E-state index in [-0.39, 0.29) is 16.4 Å². The van der Waals surface area contributed by atoms with Gasteiger partial charge in [0.05, 0.1) is 21.7 Å². The Balaban J connectivity index is 2.99. The molecule has 3 N–H and O–H groups in total. The average molecular weight is 244 g/mol. The molecule has 0 radical (unpaired) electrons. The van der Waals surface area contributed by atoms with Crippen molar-refractivity contribution in [1.29, 1.82) is 0 Å². The van der Waals surface area contributed by atoms with Gasteiger partial charge in [0.2, 0.25) is 5.91 Å². The Morgan fingerprint density at radius 3 is 2.75 bits per heavy atom. The lowest BCUT2D eigenvalue weighted by Gasteiger charge is -2.08. The number of amides is 1. The summed E-state index contributed by atoms with van der Waals surface area (Å²) in [6.07, 6.45) is 0. The van der Waals surface area contributed by atoms with Gasteiger partial charge < -0.3 is 11.1 Å². The molecule has 0 saturated heterocycles. The monoisotopic (exact) mass is 243 g/mol. The minimum Gasteiger partial charge on any atom is -0.323 e. The Kier molecular flexibility index (Phi) is 3.81. The van der Waals surface area contributed by atoms with Gasteiger partial charge in [0.1, 0.15) is 0 Å². The zero-order valence-corrected chi connectivity index (χ0v) is 9.19. The zero-order chi connectivity index (χ0) is 12.3. The Bertz CT molecular complexity index is 434. The number of nitro benzene ring substituents is 1. The van der Waals surface area contributed by atoms with Gasteiger partial charge in [-0.25, -0.2) is 0 Å². The van der Waals surface area contributed by atoms with E-state index >= 15 is 0 Å². The van der Waals surface area contributed by atoms with Crippen LogP contribution in [-0.4, -0.2) is 16.9 Å². The van der Waals surface area contributed by atoms with E-state index in [4.69, 9.17) is 17.3 Å². The summed E-state index contributed by atoms with van der Waals surface area (Å²) in [6.45, 7) is 1.50. The minimum absolute atomic E-state index is 0.149. The van der Waals surface area contributed by atoms with Crippen molar-refractivity contribution in [2.24, 2.45) is 5.73 Å². The predicted octanol–water partition coefficient (Wildman–Crippen LogP) is 1.53. The fraction of sp³-hybridized carbons (Fsp3) is 0.222. The van der Waals surface area contributed by atoms with Crippen molar-refractivity contribution in [1.82, 2.24) is 0 Å². The van der Waals surface area contributed by atoms with Crippen LogP contribution in [0.1, 0.15) is 6.92 Å². The van der Waals surface area contributed by atoms with Crippen LogP contribution >= 0.6 is 11.6 Å². The fourth-order valence-corrected chi connectivity index (χ4v) is 1.13. The maximum Gasteiger partial charge on any atom is 0.271 e. The van der Waals surface area contributed by atoms with Gasteiger partial charge in [0.25, 0.3) is 5.69 Å². The van der Waals surface area contributed by atoms with Crippen molar-refractivity contribution in [2.45, 2.75) is 13.0 Å². The van der Waals surface area contributed by atoms with E-state index in [1.54, 1.807) is 0 Å². The van der Waals surface area contributed by atoms with Crippen molar-refractivity contribution in [3.8, 4) is 0 Å². The number of carbonyl (C=O) groups is 1. The van der Waals surface area contributed by atoms with Crippen LogP contribution in [0.15, 0.2) is 18.2 Å². The lowest BCUT2D eigenvalue weighted by molar-refractivity contribution is -0.384. The minimum atomic E-state index is -0.713. The molecule has 6 nitrogen and oxygen atoms in total. The third kappa shape index (κ3) is 2.91. The molecule has 86 valence electrons. The van der Waals surface area contributed by atoms with Gasteiger partial charge in [-0.2, -0.15) is 0 Å². The predicted molar refractivity (Wildman–Crippen MR) is 60.4 cm³/mol. The van der Waals surface area contributed by atoms with E-state index in [1.165, 1.54) is 25.1 Å². The number of anilines is 1. The molecule has 0 spiro atoms. The molecule has 0 aliphatic carbocycles. The Labute approximate surface area is 96.5 Å². The maximum absolute atomic E-state index is 11.3. The number of carbonyl (C=O) groups excluding carboxylic acids is 1. The molecule has 0 aromatic heterocycles. The summed E-state index contributed by atoms with van der Waals surface area (Å²) in [5.41, 5.74) is 5.37. The van der Waals surface area contributed by atoms with E-state index in [9.17, 15) is 14.9 Å². The number of rotatable bonds is 3. The molecule has 0 heterocycles. The standard InChI is InChI=1S/C9H10ClN3O3/c1-5(11)9(14)12-8-4-6(13(15)16)2-3-7(8)10/h2-5H,11H2,1H3,(H,12,14)/t5-/m0/s1. The highest BCUT2D eigenvalue weighted by Gasteiger charge is 2.13. The van der Waals surface area contributed by atoms with Gasteiger partial charge in [0.15, 0.2) is 0 Å². The fourth-order valence-electron chi connectivity index (χ4n) is 0.969. The summed E-state index contributed by atoms with van der Waals surface area (Å²) < 4.78 is 0. The highest BCUT2D eigenvalue weighted by molar-refractivity contribution is 6.33. The number of nitrogens with one attached hydrogen (secondary N) is 1. The lowest BCUT2D eigenvalue weighted by Crippen LogP contribution is -2.32. The summed E-state index contributed by atoms with van der Waals surface area (Å²) >= 11 is 5.77. The molecule has 1 aromatic carbocycles. The number of hydrogen-bond donors (Lipinski definition) is 2. The van der Waals surface area contributed by atoms with Crippen LogP contribution in [-0.2, 0) is 4.79 Å². The van der Waals surface area contributed by atoms with E-state index in [0.29, 0.717) is 0 Å². The van der Waals surface area contributed by atoms with Crippen LogP contribution < -0.4 is 11.1 Å². The summed E-state index contributed by atoms with van der Waals surface area (Å²) in [6, 6.07) is 3.07. The smallest absolute Gasteiger partial charge is 0.271 e. The zero-order valence-electron chi connectivity index (χ0n) is 8.44. The molecule has 1 rings (SSSR count). The first kappa shape index (κ1) is 12.4. The molecule has 0 aliphatic heterocycles. The largest absolute Gasteiger partial charge is 0.323 e. The third-order valence-corrected chi connectivity index (χ3v) is 2.16. The van der Waals surface area contributed by atoms with Gasteiger partial charge in [-0.3, -0.25) is 14.9 Å². The summed E-state index contributed by atoms with van der Waals surface area (Å²) in [7, 11) is 0. The Hall–Kier alpha value is -1.66. The molecule has 0 bridgehead atoms. The topological polar surface area (TPSA) is 98.3 Å². The molecular formula is C9H10ClN3O3. The summed E-state index contributed by atoms with van der Waals surface area (Å²) in [5, 5.41) is 13.1. The van der Waals surface area contributed by atoms with Gasteiger partial charge in [-0.15, -0.1) is 0 Å². The second-order valence-electron chi connectivity index (χ2n) is 3.20. The van der Waals surface area contributed by atoms with Gasteiger partial charge >= 0.3 is 0 Å². The number of nitrogens with two attached hydrogens (primary N) is 1. The first-order chi connectivity index (χ1) is 7.41. The molecule has 16 heavy (non-hydrogen) atoms. The van der Waals surface area contributed by atoms with Gasteiger partial charge in [-0.05, 0) is 13.0 Å². The normalized spacial score (nSPS) is 11.9. The number of hydrogen-bond acceptors (Lipinski definition) is 4. The van der Waals surface area contributed by atoms with E-state index in [0.717, 1.165) is 0 Å². The molecule has 7 heteroatoms. The first-order valence-electron chi connectivity index (χ1n) is 4.42. The third-order valence-electron chi connectivity index (χ3n) is 1.83. The summed E-state index contributed by atoms with van der Waals surface area (Å²) in [4.78, 5) is 21.2. The summed E-state index contributed by atoms with van der Waals surface area (Å²) in [5.74, 6) is -0.456. The van der Waals surface area contributed by atoms with Crippen molar-refractivity contribution in [3.05, 3.63) is 33.3 Å². The van der Waals surface area contributed by atoms with Crippen LogP contribution in [0.5, 0.6) is 0 Å². The molecule has 1 amide bonds. The second-order valence-corrected chi connectivity index (χ2v) is 3.61. The molecule has 1 aromatic rings. The SMILES string of the molecule is C[C@H](N)C(=O)Nc1cc([N+](=O)[O-])ccc1Cl. The number of benzene rings is 1. The van der Waals surface area contributed by atoms with Crippen molar-refractivity contribution in [3.63, 3.8) is 0 Å². The van der Waals surface area contributed by atoms with Crippen LogP contribution in [0.2, 0.25) is 5.02 Å². The second kappa shape index (κ2) is 4.91. The maximum atomic E-state index is 11.3. The molecule has 0 aliphatic rings. The number of halogens is 1. The Morgan fingerprint density at radius 1 is 1.62 bits per heavy atom. The molecular weight excluding hydrogens is 234 g/mol. The van der Waals surface area contributed by atoms with Crippen LogP contribution in [0.3, 0.4) is 0 Å². The highest BCUT2D eigenvalue weighted by atomic mass is 35.5. The lowest BCUT2D eigenvalue weighted by atomic mass is 10.2. The number of nitrogens with zero attached hydrogens (tertiary/aromatic N) is 1. The van der Waals surface area contributed by atoms with E-state index in [1.807, 2.05) is 0 Å². The van der Waals surface area contributed by atoms with Crippen molar-refractivity contribution >= 4 is 28.9 Å².